The average molecular weight is 285 g/mol. The summed E-state index contributed by atoms with van der Waals surface area (Å²) in [6, 6.07) is 7.56. The first-order valence-electron chi connectivity index (χ1n) is 4.95. The first kappa shape index (κ1) is 12.9. The van der Waals surface area contributed by atoms with E-state index in [0.29, 0.717) is 6.42 Å². The van der Waals surface area contributed by atoms with Crippen LogP contribution >= 0.6 is 15.9 Å². The van der Waals surface area contributed by atoms with Crippen molar-refractivity contribution in [3.05, 3.63) is 34.3 Å². The van der Waals surface area contributed by atoms with Crippen molar-refractivity contribution in [3.63, 3.8) is 0 Å². The molecule has 0 fully saturated rings. The lowest BCUT2D eigenvalue weighted by Gasteiger charge is -2.11. The number of halogens is 1. The lowest BCUT2D eigenvalue weighted by Crippen LogP contribution is -2.18. The number of benzene rings is 1. The van der Waals surface area contributed by atoms with Gasteiger partial charge in [-0.15, -0.1) is 0 Å². The molecule has 0 radical (unpaired) electrons. The molecule has 1 N–H and O–H groups in total. The first-order chi connectivity index (χ1) is 7.49. The highest BCUT2D eigenvalue weighted by Crippen LogP contribution is 2.17. The maximum absolute atomic E-state index is 11.3. The second-order valence-corrected chi connectivity index (χ2v) is 4.66. The lowest BCUT2D eigenvalue weighted by molar-refractivity contribution is -0.140. The second-order valence-electron chi connectivity index (χ2n) is 3.74. The third-order valence-corrected chi connectivity index (χ3v) is 2.86. The number of Topliss-reactive ketones (excluding diaryl/α,β-unsaturated/α-hetero) is 1. The summed E-state index contributed by atoms with van der Waals surface area (Å²) in [5, 5.41) is 8.70. The molecule has 0 bridgehead atoms. The minimum absolute atomic E-state index is 0.0811. The molecule has 0 aliphatic rings. The number of hydrogen-bond acceptors (Lipinski definition) is 2. The predicted molar refractivity (Wildman–Crippen MR) is 64.3 cm³/mol. The molecule has 0 aliphatic carbocycles. The molecule has 1 atom stereocenters. The lowest BCUT2D eigenvalue weighted by atomic mass is 9.93. The molecule has 0 saturated heterocycles. The molecule has 4 heteroatoms. The molecular weight excluding hydrogens is 272 g/mol. The van der Waals surface area contributed by atoms with E-state index in [1.807, 2.05) is 24.3 Å². The molecule has 0 aliphatic heterocycles. The van der Waals surface area contributed by atoms with Crippen LogP contribution in [-0.4, -0.2) is 16.9 Å². The summed E-state index contributed by atoms with van der Waals surface area (Å²) in [6.07, 6.45) is 0.364. The molecule has 0 amide bonds. The Kier molecular flexibility index (Phi) is 4.68. The summed E-state index contributed by atoms with van der Waals surface area (Å²) in [7, 11) is 0. The van der Waals surface area contributed by atoms with Crippen molar-refractivity contribution in [2.24, 2.45) is 5.92 Å². The number of carbonyl (C=O) groups is 2. The van der Waals surface area contributed by atoms with Gasteiger partial charge in [0.05, 0.1) is 6.42 Å². The molecule has 0 spiro atoms. The zero-order valence-corrected chi connectivity index (χ0v) is 10.5. The van der Waals surface area contributed by atoms with Gasteiger partial charge in [-0.25, -0.2) is 0 Å². The minimum atomic E-state index is -0.935. The van der Waals surface area contributed by atoms with Gasteiger partial charge < -0.3 is 5.11 Å². The first-order valence-corrected chi connectivity index (χ1v) is 5.75. The monoisotopic (exact) mass is 284 g/mol. The van der Waals surface area contributed by atoms with E-state index < -0.39 is 11.9 Å². The summed E-state index contributed by atoms with van der Waals surface area (Å²) in [5.41, 5.74) is 0.968. The van der Waals surface area contributed by atoms with Gasteiger partial charge in [-0.3, -0.25) is 9.59 Å². The van der Waals surface area contributed by atoms with Crippen LogP contribution in [0.15, 0.2) is 28.7 Å². The van der Waals surface area contributed by atoms with Crippen LogP contribution in [0.5, 0.6) is 0 Å². The number of rotatable bonds is 5. The van der Waals surface area contributed by atoms with E-state index in [1.54, 1.807) is 0 Å². The van der Waals surface area contributed by atoms with Gasteiger partial charge in [0.15, 0.2) is 0 Å². The minimum Gasteiger partial charge on any atom is -0.481 e. The van der Waals surface area contributed by atoms with Gasteiger partial charge >= 0.3 is 5.97 Å². The predicted octanol–water partition coefficient (Wildman–Crippen LogP) is 2.67. The molecule has 16 heavy (non-hydrogen) atoms. The van der Waals surface area contributed by atoms with E-state index in [0.717, 1.165) is 10.0 Å². The van der Waals surface area contributed by atoms with Crippen molar-refractivity contribution >= 4 is 27.7 Å². The van der Waals surface area contributed by atoms with Crippen molar-refractivity contribution in [2.75, 3.05) is 0 Å². The number of carboxylic acids is 1. The van der Waals surface area contributed by atoms with Gasteiger partial charge in [-0.05, 0) is 31.0 Å². The highest BCUT2D eigenvalue weighted by molar-refractivity contribution is 9.10. The fourth-order valence-electron chi connectivity index (χ4n) is 1.52. The third kappa shape index (κ3) is 4.14. The number of carbonyl (C=O) groups excluding carboxylic acids is 1. The van der Waals surface area contributed by atoms with E-state index >= 15 is 0 Å². The molecule has 1 unspecified atom stereocenters. The number of carboxylic acid groups (broad SMARTS) is 1. The van der Waals surface area contributed by atoms with Crippen LogP contribution in [0.3, 0.4) is 0 Å². The summed E-state index contributed by atoms with van der Waals surface area (Å²) in [6.45, 7) is 1.44. The molecular formula is C12H13BrO3. The maximum atomic E-state index is 11.3. The number of ketones is 1. The van der Waals surface area contributed by atoms with Crippen molar-refractivity contribution in [3.8, 4) is 0 Å². The number of aliphatic carboxylic acids is 1. The fraction of sp³-hybridized carbons (Fsp3) is 0.333. The fourth-order valence-corrected chi connectivity index (χ4v) is 1.97. The van der Waals surface area contributed by atoms with Crippen molar-refractivity contribution in [1.82, 2.24) is 0 Å². The van der Waals surface area contributed by atoms with Crippen molar-refractivity contribution < 1.29 is 14.7 Å². The van der Waals surface area contributed by atoms with Crippen LogP contribution in [0.2, 0.25) is 0 Å². The molecule has 1 aromatic carbocycles. The Balaban J connectivity index is 2.75. The molecule has 3 nitrogen and oxygen atoms in total. The Morgan fingerprint density at radius 2 is 2.12 bits per heavy atom. The Morgan fingerprint density at radius 1 is 1.44 bits per heavy atom. The normalized spacial score (nSPS) is 12.1. The standard InChI is InChI=1S/C12H13BrO3/c1-8(14)10(7-12(15)16)5-9-3-2-4-11(13)6-9/h2-4,6,10H,5,7H2,1H3,(H,15,16). The molecule has 1 aromatic rings. The molecule has 0 saturated carbocycles. The van der Waals surface area contributed by atoms with Crippen LogP contribution in [0.1, 0.15) is 18.9 Å². The van der Waals surface area contributed by atoms with Gasteiger partial charge in [-0.2, -0.15) is 0 Å². The van der Waals surface area contributed by atoms with Crippen molar-refractivity contribution in [1.29, 1.82) is 0 Å². The quantitative estimate of drug-likeness (QED) is 0.904. The van der Waals surface area contributed by atoms with Gasteiger partial charge in [0.1, 0.15) is 5.78 Å². The van der Waals surface area contributed by atoms with Gasteiger partial charge in [0.2, 0.25) is 0 Å². The van der Waals surface area contributed by atoms with Gasteiger partial charge in [-0.1, -0.05) is 28.1 Å². The summed E-state index contributed by atoms with van der Waals surface area (Å²) in [4.78, 5) is 21.9. The zero-order chi connectivity index (χ0) is 12.1. The van der Waals surface area contributed by atoms with E-state index in [2.05, 4.69) is 15.9 Å². The summed E-state index contributed by atoms with van der Waals surface area (Å²) < 4.78 is 0.933. The van der Waals surface area contributed by atoms with E-state index in [1.165, 1.54) is 6.92 Å². The Morgan fingerprint density at radius 3 is 2.62 bits per heavy atom. The third-order valence-electron chi connectivity index (χ3n) is 2.37. The van der Waals surface area contributed by atoms with Crippen LogP contribution in [0.4, 0.5) is 0 Å². The molecule has 0 heterocycles. The SMILES string of the molecule is CC(=O)C(CC(=O)O)Cc1cccc(Br)c1. The van der Waals surface area contributed by atoms with Crippen LogP contribution < -0.4 is 0 Å². The smallest absolute Gasteiger partial charge is 0.304 e. The topological polar surface area (TPSA) is 54.4 Å². The largest absolute Gasteiger partial charge is 0.481 e. The Labute approximate surface area is 103 Å². The molecule has 86 valence electrons. The number of hydrogen-bond donors (Lipinski definition) is 1. The highest BCUT2D eigenvalue weighted by Gasteiger charge is 2.18. The van der Waals surface area contributed by atoms with Crippen LogP contribution in [-0.2, 0) is 16.0 Å². The maximum Gasteiger partial charge on any atom is 0.304 e. The Hall–Kier alpha value is -1.16. The molecule has 1 rings (SSSR count). The van der Waals surface area contributed by atoms with Gasteiger partial charge in [0.25, 0.3) is 0 Å². The van der Waals surface area contributed by atoms with Crippen LogP contribution in [0, 0.1) is 5.92 Å². The second kappa shape index (κ2) is 5.80. The molecule has 0 aromatic heterocycles. The van der Waals surface area contributed by atoms with Gasteiger partial charge in [0, 0.05) is 10.4 Å². The highest BCUT2D eigenvalue weighted by atomic mass is 79.9. The summed E-state index contributed by atoms with van der Waals surface area (Å²) in [5.74, 6) is -1.45. The van der Waals surface area contributed by atoms with E-state index in [-0.39, 0.29) is 12.2 Å². The zero-order valence-electron chi connectivity index (χ0n) is 8.94. The Bertz CT molecular complexity index is 401. The van der Waals surface area contributed by atoms with E-state index in [9.17, 15) is 9.59 Å². The van der Waals surface area contributed by atoms with E-state index in [4.69, 9.17) is 5.11 Å². The average Bonchev–Trinajstić information content (AvgIpc) is 2.15. The van der Waals surface area contributed by atoms with Crippen molar-refractivity contribution in [2.45, 2.75) is 19.8 Å². The van der Waals surface area contributed by atoms with Crippen LogP contribution in [0.25, 0.3) is 0 Å². The summed E-state index contributed by atoms with van der Waals surface area (Å²) >= 11 is 3.34.